The topological polar surface area (TPSA) is 70.6 Å². The van der Waals surface area contributed by atoms with E-state index in [2.05, 4.69) is 10.3 Å². The van der Waals surface area contributed by atoms with Gasteiger partial charge < -0.3 is 16.2 Å². The summed E-state index contributed by atoms with van der Waals surface area (Å²) >= 11 is 0. The van der Waals surface area contributed by atoms with Gasteiger partial charge in [-0.1, -0.05) is 6.42 Å². The Morgan fingerprint density at radius 2 is 2.36 bits per heavy atom. The first-order valence-electron chi connectivity index (χ1n) is 5.43. The van der Waals surface area contributed by atoms with Gasteiger partial charge in [0.05, 0.1) is 0 Å². The SMILES string of the molecule is CCN=C(N)NC1CCCC(CO)C1. The molecule has 0 heterocycles. The molecule has 0 aromatic rings. The van der Waals surface area contributed by atoms with Crippen LogP contribution >= 0.6 is 0 Å². The van der Waals surface area contributed by atoms with E-state index in [0.717, 1.165) is 25.8 Å². The van der Waals surface area contributed by atoms with Gasteiger partial charge in [0, 0.05) is 19.2 Å². The summed E-state index contributed by atoms with van der Waals surface area (Å²) in [6.45, 7) is 2.98. The van der Waals surface area contributed by atoms with Crippen molar-refractivity contribution in [3.63, 3.8) is 0 Å². The number of nitrogens with zero attached hydrogens (tertiary/aromatic N) is 1. The molecule has 0 spiro atoms. The molecule has 0 radical (unpaired) electrons. The van der Waals surface area contributed by atoms with Crippen molar-refractivity contribution in [1.29, 1.82) is 0 Å². The van der Waals surface area contributed by atoms with Gasteiger partial charge in [0.1, 0.15) is 0 Å². The Morgan fingerprint density at radius 3 is 3.00 bits per heavy atom. The number of aliphatic imine (C=N–C) groups is 1. The first kappa shape index (κ1) is 11.3. The fourth-order valence-corrected chi connectivity index (χ4v) is 2.01. The number of aliphatic hydroxyl groups excluding tert-OH is 1. The van der Waals surface area contributed by atoms with Crippen LogP contribution in [0.1, 0.15) is 32.6 Å². The number of hydrogen-bond acceptors (Lipinski definition) is 2. The molecule has 0 bridgehead atoms. The van der Waals surface area contributed by atoms with Crippen molar-refractivity contribution in [1.82, 2.24) is 5.32 Å². The van der Waals surface area contributed by atoms with E-state index in [1.54, 1.807) is 0 Å². The lowest BCUT2D eigenvalue weighted by Gasteiger charge is -2.28. The zero-order chi connectivity index (χ0) is 10.4. The van der Waals surface area contributed by atoms with Crippen LogP contribution in [-0.4, -0.2) is 30.3 Å². The van der Waals surface area contributed by atoms with Crippen molar-refractivity contribution in [2.24, 2.45) is 16.6 Å². The van der Waals surface area contributed by atoms with Crippen molar-refractivity contribution >= 4 is 5.96 Å². The highest BCUT2D eigenvalue weighted by atomic mass is 16.3. The summed E-state index contributed by atoms with van der Waals surface area (Å²) in [5.74, 6) is 0.978. The monoisotopic (exact) mass is 199 g/mol. The highest BCUT2D eigenvalue weighted by molar-refractivity contribution is 5.78. The second-order valence-electron chi connectivity index (χ2n) is 3.92. The van der Waals surface area contributed by atoms with Crippen LogP contribution in [0.5, 0.6) is 0 Å². The number of nitrogens with two attached hydrogens (primary N) is 1. The van der Waals surface area contributed by atoms with Crippen molar-refractivity contribution in [3.8, 4) is 0 Å². The molecule has 1 rings (SSSR count). The fourth-order valence-electron chi connectivity index (χ4n) is 2.01. The molecule has 0 amide bonds. The highest BCUT2D eigenvalue weighted by Crippen LogP contribution is 2.23. The molecule has 0 aromatic carbocycles. The minimum atomic E-state index is 0.295. The molecule has 1 aliphatic rings. The summed E-state index contributed by atoms with van der Waals surface area (Å²) in [5.41, 5.74) is 5.68. The molecule has 4 nitrogen and oxygen atoms in total. The normalized spacial score (nSPS) is 28.9. The molecular weight excluding hydrogens is 178 g/mol. The van der Waals surface area contributed by atoms with E-state index < -0.39 is 0 Å². The smallest absolute Gasteiger partial charge is 0.188 e. The maximum atomic E-state index is 9.06. The zero-order valence-electron chi connectivity index (χ0n) is 8.87. The highest BCUT2D eigenvalue weighted by Gasteiger charge is 2.21. The van der Waals surface area contributed by atoms with Crippen LogP contribution in [0, 0.1) is 5.92 Å². The van der Waals surface area contributed by atoms with Crippen LogP contribution in [0.3, 0.4) is 0 Å². The summed E-state index contributed by atoms with van der Waals surface area (Å²) in [6.07, 6.45) is 4.45. The van der Waals surface area contributed by atoms with Gasteiger partial charge in [0.25, 0.3) is 0 Å². The molecule has 2 atom stereocenters. The Kier molecular flexibility index (Phi) is 4.73. The third-order valence-corrected chi connectivity index (χ3v) is 2.72. The largest absolute Gasteiger partial charge is 0.396 e. The number of hydrogen-bond donors (Lipinski definition) is 3. The Balaban J connectivity index is 2.33. The van der Waals surface area contributed by atoms with E-state index in [1.807, 2.05) is 6.92 Å². The predicted octanol–water partition coefficient (Wildman–Crippen LogP) is 0.462. The maximum Gasteiger partial charge on any atom is 0.188 e. The van der Waals surface area contributed by atoms with Crippen molar-refractivity contribution < 1.29 is 5.11 Å². The summed E-state index contributed by atoms with van der Waals surface area (Å²) in [5, 5.41) is 12.3. The third-order valence-electron chi connectivity index (χ3n) is 2.72. The molecule has 4 heteroatoms. The van der Waals surface area contributed by atoms with E-state index in [1.165, 1.54) is 6.42 Å². The van der Waals surface area contributed by atoms with Gasteiger partial charge >= 0.3 is 0 Å². The summed E-state index contributed by atoms with van der Waals surface area (Å²) in [4.78, 5) is 4.09. The molecule has 82 valence electrons. The molecule has 2 unspecified atom stereocenters. The molecule has 1 fully saturated rings. The minimum Gasteiger partial charge on any atom is -0.396 e. The summed E-state index contributed by atoms with van der Waals surface area (Å²) in [7, 11) is 0. The van der Waals surface area contributed by atoms with Crippen molar-refractivity contribution in [3.05, 3.63) is 0 Å². The summed E-state index contributed by atoms with van der Waals surface area (Å²) < 4.78 is 0. The van der Waals surface area contributed by atoms with Crippen LogP contribution in [0.15, 0.2) is 4.99 Å². The van der Waals surface area contributed by atoms with Gasteiger partial charge in [-0.2, -0.15) is 0 Å². The minimum absolute atomic E-state index is 0.295. The lowest BCUT2D eigenvalue weighted by molar-refractivity contribution is 0.176. The first-order valence-corrected chi connectivity index (χ1v) is 5.43. The van der Waals surface area contributed by atoms with Crippen LogP contribution in [-0.2, 0) is 0 Å². The second kappa shape index (κ2) is 5.86. The van der Waals surface area contributed by atoms with Crippen molar-refractivity contribution in [2.45, 2.75) is 38.6 Å². The molecule has 1 aliphatic carbocycles. The van der Waals surface area contributed by atoms with Crippen LogP contribution in [0.25, 0.3) is 0 Å². The van der Waals surface area contributed by atoms with Gasteiger partial charge in [-0.05, 0) is 32.1 Å². The Bertz CT molecular complexity index is 194. The van der Waals surface area contributed by atoms with E-state index in [0.29, 0.717) is 24.5 Å². The lowest BCUT2D eigenvalue weighted by atomic mass is 9.86. The van der Waals surface area contributed by atoms with Crippen LogP contribution in [0.2, 0.25) is 0 Å². The molecule has 0 saturated heterocycles. The fraction of sp³-hybridized carbons (Fsp3) is 0.900. The van der Waals surface area contributed by atoms with Gasteiger partial charge in [0.15, 0.2) is 5.96 Å². The van der Waals surface area contributed by atoms with Gasteiger partial charge in [-0.15, -0.1) is 0 Å². The second-order valence-corrected chi connectivity index (χ2v) is 3.92. The predicted molar refractivity (Wildman–Crippen MR) is 58.1 cm³/mol. The van der Waals surface area contributed by atoms with Crippen LogP contribution < -0.4 is 11.1 Å². The quantitative estimate of drug-likeness (QED) is 0.457. The van der Waals surface area contributed by atoms with Gasteiger partial charge in [-0.3, -0.25) is 4.99 Å². The third kappa shape index (κ3) is 3.54. The number of guanidine groups is 1. The van der Waals surface area contributed by atoms with E-state index in [9.17, 15) is 0 Å². The standard InChI is InChI=1S/C10H21N3O/c1-2-12-10(11)13-9-5-3-4-8(6-9)7-14/h8-9,14H,2-7H2,1H3,(H3,11,12,13). The average molecular weight is 199 g/mol. The van der Waals surface area contributed by atoms with Crippen LogP contribution in [0.4, 0.5) is 0 Å². The number of rotatable bonds is 3. The molecule has 0 aromatic heterocycles. The summed E-state index contributed by atoms with van der Waals surface area (Å²) in [6, 6.07) is 0.399. The maximum absolute atomic E-state index is 9.06. The van der Waals surface area contributed by atoms with Crippen molar-refractivity contribution in [2.75, 3.05) is 13.2 Å². The van der Waals surface area contributed by atoms with Gasteiger partial charge in [-0.25, -0.2) is 0 Å². The zero-order valence-corrected chi connectivity index (χ0v) is 8.87. The van der Waals surface area contributed by atoms with E-state index >= 15 is 0 Å². The Hall–Kier alpha value is -0.770. The average Bonchev–Trinajstić information content (AvgIpc) is 2.18. The molecule has 14 heavy (non-hydrogen) atoms. The Labute approximate surface area is 85.6 Å². The molecule has 1 saturated carbocycles. The van der Waals surface area contributed by atoms with E-state index in [-0.39, 0.29) is 0 Å². The Morgan fingerprint density at radius 1 is 1.57 bits per heavy atom. The number of nitrogens with one attached hydrogen (secondary N) is 1. The molecule has 0 aliphatic heterocycles. The lowest BCUT2D eigenvalue weighted by Crippen LogP contribution is -2.43. The first-order chi connectivity index (χ1) is 6.76. The van der Waals surface area contributed by atoms with E-state index in [4.69, 9.17) is 10.8 Å². The van der Waals surface area contributed by atoms with Gasteiger partial charge in [0.2, 0.25) is 0 Å². The number of aliphatic hydroxyl groups is 1. The molecular formula is C10H21N3O. The molecule has 4 N–H and O–H groups in total.